The summed E-state index contributed by atoms with van der Waals surface area (Å²) in [6, 6.07) is 16.8. The van der Waals surface area contributed by atoms with Crippen molar-refractivity contribution in [2.45, 2.75) is 4.90 Å². The molecule has 1 aliphatic heterocycles. The zero-order valence-electron chi connectivity index (χ0n) is 17.5. The quantitative estimate of drug-likeness (QED) is 0.420. The van der Waals surface area contributed by atoms with Crippen LogP contribution in [0.1, 0.15) is 0 Å². The molecule has 172 valence electrons. The third-order valence-corrected chi connectivity index (χ3v) is 7.75. The molecule has 9 nitrogen and oxygen atoms in total. The number of anilines is 1. The van der Waals surface area contributed by atoms with Gasteiger partial charge in [-0.3, -0.25) is 14.9 Å². The molecule has 0 unspecified atom stereocenters. The number of piperazine rings is 1. The molecule has 1 fully saturated rings. The van der Waals surface area contributed by atoms with Crippen LogP contribution in [0.2, 0.25) is 5.02 Å². The highest BCUT2D eigenvalue weighted by atomic mass is 35.5. The van der Waals surface area contributed by atoms with Crippen LogP contribution in [0.3, 0.4) is 0 Å². The monoisotopic (exact) mass is 488 g/mol. The summed E-state index contributed by atoms with van der Waals surface area (Å²) in [6.45, 7) is 0.818. The number of nitro groups is 1. The lowest BCUT2D eigenvalue weighted by molar-refractivity contribution is -0.384. The van der Waals surface area contributed by atoms with E-state index in [1.807, 2.05) is 24.3 Å². The summed E-state index contributed by atoms with van der Waals surface area (Å²) in [5.74, 6) is -0.227. The molecule has 0 saturated carbocycles. The van der Waals surface area contributed by atoms with Gasteiger partial charge in [0.25, 0.3) is 5.69 Å². The average Bonchev–Trinajstić information content (AvgIpc) is 2.83. The standard InChI is InChI=1S/C22H21ClN4O5S/c23-20-8-6-18(14-21(20)27(29)30)24-15-22(28)25-9-11-26(12-10-25)33(31,32)19-7-5-16-3-1-2-4-17(16)13-19/h1-8,13-14,24H,9-12,15H2. The Labute approximate surface area is 195 Å². The van der Waals surface area contributed by atoms with E-state index < -0.39 is 14.9 Å². The van der Waals surface area contributed by atoms with Crippen LogP contribution in [0.4, 0.5) is 11.4 Å². The fourth-order valence-electron chi connectivity index (χ4n) is 3.71. The number of fused-ring (bicyclic) bond motifs is 1. The van der Waals surface area contributed by atoms with E-state index in [1.54, 1.807) is 29.2 Å². The second-order valence-electron chi connectivity index (χ2n) is 7.57. The molecule has 4 rings (SSSR count). The first-order valence-electron chi connectivity index (χ1n) is 10.2. The minimum atomic E-state index is -3.67. The minimum Gasteiger partial charge on any atom is -0.376 e. The third kappa shape index (κ3) is 4.92. The van der Waals surface area contributed by atoms with Crippen LogP contribution in [-0.2, 0) is 14.8 Å². The van der Waals surface area contributed by atoms with Gasteiger partial charge in [-0.15, -0.1) is 0 Å². The normalized spacial score (nSPS) is 14.9. The van der Waals surface area contributed by atoms with Gasteiger partial charge in [0.15, 0.2) is 0 Å². The molecule has 0 aliphatic carbocycles. The number of nitrogens with one attached hydrogen (secondary N) is 1. The van der Waals surface area contributed by atoms with E-state index in [0.717, 1.165) is 10.8 Å². The molecule has 0 aromatic heterocycles. The largest absolute Gasteiger partial charge is 0.376 e. The lowest BCUT2D eigenvalue weighted by Gasteiger charge is -2.34. The predicted octanol–water partition coefficient (Wildman–Crippen LogP) is 3.35. The van der Waals surface area contributed by atoms with Gasteiger partial charge in [-0.05, 0) is 35.0 Å². The summed E-state index contributed by atoms with van der Waals surface area (Å²) in [4.78, 5) is 24.8. The molecule has 33 heavy (non-hydrogen) atoms. The Bertz CT molecular complexity index is 1320. The molecular weight excluding hydrogens is 468 g/mol. The van der Waals surface area contributed by atoms with Crippen molar-refractivity contribution < 1.29 is 18.1 Å². The number of nitro benzene ring substituents is 1. The van der Waals surface area contributed by atoms with Crippen LogP contribution in [0.15, 0.2) is 65.6 Å². The summed E-state index contributed by atoms with van der Waals surface area (Å²) in [6.07, 6.45) is 0. The third-order valence-electron chi connectivity index (χ3n) is 5.54. The van der Waals surface area contributed by atoms with Crippen LogP contribution in [0.5, 0.6) is 0 Å². The number of halogens is 1. The number of carbonyl (C=O) groups is 1. The van der Waals surface area contributed by atoms with Gasteiger partial charge in [-0.2, -0.15) is 4.31 Å². The van der Waals surface area contributed by atoms with E-state index >= 15 is 0 Å². The molecule has 3 aromatic rings. The molecule has 0 bridgehead atoms. The number of hydrogen-bond donors (Lipinski definition) is 1. The second-order valence-corrected chi connectivity index (χ2v) is 9.92. The van der Waals surface area contributed by atoms with Gasteiger partial charge in [0.1, 0.15) is 5.02 Å². The highest BCUT2D eigenvalue weighted by molar-refractivity contribution is 7.89. The van der Waals surface area contributed by atoms with Gasteiger partial charge in [0, 0.05) is 37.9 Å². The number of hydrogen-bond acceptors (Lipinski definition) is 6. The van der Waals surface area contributed by atoms with Crippen molar-refractivity contribution in [3.05, 3.63) is 75.8 Å². The number of nitrogens with zero attached hydrogens (tertiary/aromatic N) is 3. The average molecular weight is 489 g/mol. The van der Waals surface area contributed by atoms with E-state index in [-0.39, 0.29) is 54.2 Å². The van der Waals surface area contributed by atoms with Gasteiger partial charge in [-0.1, -0.05) is 41.9 Å². The maximum Gasteiger partial charge on any atom is 0.289 e. The first kappa shape index (κ1) is 23.0. The molecule has 1 heterocycles. The first-order valence-corrected chi connectivity index (χ1v) is 12.0. The van der Waals surface area contributed by atoms with Gasteiger partial charge in [-0.25, -0.2) is 8.42 Å². The Balaban J connectivity index is 1.36. The van der Waals surface area contributed by atoms with Crippen molar-refractivity contribution in [2.24, 2.45) is 0 Å². The zero-order chi connectivity index (χ0) is 23.6. The Kier molecular flexibility index (Phi) is 6.50. The Hall–Kier alpha value is -3.21. The van der Waals surface area contributed by atoms with Crippen molar-refractivity contribution >= 4 is 49.7 Å². The fourth-order valence-corrected chi connectivity index (χ4v) is 5.35. The fraction of sp³-hybridized carbons (Fsp3) is 0.227. The zero-order valence-corrected chi connectivity index (χ0v) is 19.1. The molecule has 0 atom stereocenters. The smallest absolute Gasteiger partial charge is 0.289 e. The summed E-state index contributed by atoms with van der Waals surface area (Å²) in [5, 5.41) is 15.7. The molecule has 0 radical (unpaired) electrons. The molecule has 1 aliphatic rings. The van der Waals surface area contributed by atoms with E-state index in [9.17, 15) is 23.3 Å². The lowest BCUT2D eigenvalue weighted by atomic mass is 10.1. The summed E-state index contributed by atoms with van der Waals surface area (Å²) < 4.78 is 27.5. The number of amides is 1. The van der Waals surface area contributed by atoms with E-state index in [2.05, 4.69) is 5.32 Å². The van der Waals surface area contributed by atoms with Crippen molar-refractivity contribution in [1.29, 1.82) is 0 Å². The Morgan fingerprint density at radius 1 is 1.00 bits per heavy atom. The maximum atomic E-state index is 13.1. The van der Waals surface area contributed by atoms with Crippen LogP contribution < -0.4 is 5.32 Å². The Morgan fingerprint density at radius 2 is 1.70 bits per heavy atom. The molecule has 1 saturated heterocycles. The number of benzene rings is 3. The lowest BCUT2D eigenvalue weighted by Crippen LogP contribution is -2.51. The molecule has 0 spiro atoms. The van der Waals surface area contributed by atoms with Gasteiger partial charge < -0.3 is 10.2 Å². The Morgan fingerprint density at radius 3 is 2.39 bits per heavy atom. The summed E-state index contributed by atoms with van der Waals surface area (Å²) >= 11 is 5.80. The predicted molar refractivity (Wildman–Crippen MR) is 126 cm³/mol. The van der Waals surface area contributed by atoms with E-state index in [1.165, 1.54) is 16.4 Å². The van der Waals surface area contributed by atoms with Gasteiger partial charge >= 0.3 is 0 Å². The number of sulfonamides is 1. The van der Waals surface area contributed by atoms with Crippen molar-refractivity contribution in [3.63, 3.8) is 0 Å². The van der Waals surface area contributed by atoms with Crippen molar-refractivity contribution in [3.8, 4) is 0 Å². The van der Waals surface area contributed by atoms with E-state index in [4.69, 9.17) is 11.6 Å². The SMILES string of the molecule is O=C(CNc1ccc(Cl)c([N+](=O)[O-])c1)N1CCN(S(=O)(=O)c2ccc3ccccc3c2)CC1. The number of rotatable bonds is 6. The highest BCUT2D eigenvalue weighted by Gasteiger charge is 2.30. The number of carbonyl (C=O) groups excluding carboxylic acids is 1. The molecule has 11 heteroatoms. The molecular formula is C22H21ClN4O5S. The summed E-state index contributed by atoms with van der Waals surface area (Å²) in [5.41, 5.74) is 0.151. The second kappa shape index (κ2) is 9.34. The molecule has 1 N–H and O–H groups in total. The molecule has 3 aromatic carbocycles. The van der Waals surface area contributed by atoms with Crippen LogP contribution in [0, 0.1) is 10.1 Å². The maximum absolute atomic E-state index is 13.1. The summed E-state index contributed by atoms with van der Waals surface area (Å²) in [7, 11) is -3.67. The van der Waals surface area contributed by atoms with Crippen molar-refractivity contribution in [1.82, 2.24) is 9.21 Å². The van der Waals surface area contributed by atoms with E-state index in [0.29, 0.717) is 5.69 Å². The van der Waals surface area contributed by atoms with Gasteiger partial charge in [0.2, 0.25) is 15.9 Å². The minimum absolute atomic E-state index is 0.0145. The first-order chi connectivity index (χ1) is 15.8. The van der Waals surface area contributed by atoms with Crippen molar-refractivity contribution in [2.75, 3.05) is 38.0 Å². The highest BCUT2D eigenvalue weighted by Crippen LogP contribution is 2.27. The van der Waals surface area contributed by atoms with Gasteiger partial charge in [0.05, 0.1) is 16.4 Å². The molecule has 1 amide bonds. The van der Waals surface area contributed by atoms with Crippen LogP contribution in [0.25, 0.3) is 10.8 Å². The van der Waals surface area contributed by atoms with Crippen LogP contribution >= 0.6 is 11.6 Å². The topological polar surface area (TPSA) is 113 Å². The van der Waals surface area contributed by atoms with Crippen LogP contribution in [-0.4, -0.2) is 61.2 Å².